The van der Waals surface area contributed by atoms with E-state index >= 15 is 0 Å². The number of aliphatic hydroxyl groups is 4. The lowest BCUT2D eigenvalue weighted by Gasteiger charge is -2.30. The molecular formula is C12H16FN5O5. The Labute approximate surface area is 129 Å². The standard InChI is InChI=1S/C12H16FN5O5/c1-2-11(4-19)7(20)6(13)12(22,23-11)5-3-15-8-9(21)16-10(14)17-18(5)8/h2-3,6-7,9,19-22H,1,4H2,(H3,14,16,17)/t6-,7+,9?,11-,12+/m1/s1. The number of imidazole rings is 1. The Morgan fingerprint density at radius 3 is 2.83 bits per heavy atom. The first-order valence-corrected chi connectivity index (χ1v) is 6.64. The van der Waals surface area contributed by atoms with E-state index in [0.29, 0.717) is 0 Å². The van der Waals surface area contributed by atoms with Gasteiger partial charge in [-0.3, -0.25) is 5.43 Å². The van der Waals surface area contributed by atoms with Gasteiger partial charge in [-0.15, -0.1) is 6.58 Å². The molecule has 0 amide bonds. The number of fused-ring (bicyclic) bond motifs is 1. The number of aliphatic hydroxyl groups excluding tert-OH is 3. The van der Waals surface area contributed by atoms with Crippen molar-refractivity contribution < 1.29 is 29.6 Å². The molecule has 1 saturated heterocycles. The van der Waals surface area contributed by atoms with Crippen molar-refractivity contribution in [2.75, 3.05) is 12.0 Å². The molecular weight excluding hydrogens is 313 g/mol. The number of nitrogens with two attached hydrogens (primary N) is 1. The number of hydrogen-bond acceptors (Lipinski definition) is 9. The van der Waals surface area contributed by atoms with Crippen molar-refractivity contribution in [2.45, 2.75) is 29.9 Å². The van der Waals surface area contributed by atoms with Gasteiger partial charge in [0.2, 0.25) is 18.0 Å². The molecule has 0 radical (unpaired) electrons. The molecule has 0 bridgehead atoms. The van der Waals surface area contributed by atoms with Crippen LogP contribution in [-0.4, -0.2) is 60.5 Å². The van der Waals surface area contributed by atoms with Crippen LogP contribution >= 0.6 is 0 Å². The van der Waals surface area contributed by atoms with E-state index < -0.39 is 36.5 Å². The molecule has 3 rings (SSSR count). The highest BCUT2D eigenvalue weighted by Crippen LogP contribution is 2.45. The average Bonchev–Trinajstić information content (AvgIpc) is 3.02. The van der Waals surface area contributed by atoms with Crippen molar-refractivity contribution in [1.82, 2.24) is 9.66 Å². The fourth-order valence-electron chi connectivity index (χ4n) is 2.67. The lowest BCUT2D eigenvalue weighted by Crippen LogP contribution is -2.44. The second-order valence-corrected chi connectivity index (χ2v) is 5.30. The fourth-order valence-corrected chi connectivity index (χ4v) is 2.67. The Hall–Kier alpha value is -2.05. The minimum absolute atomic E-state index is 0.0620. The van der Waals surface area contributed by atoms with E-state index in [0.717, 1.165) is 16.9 Å². The highest BCUT2D eigenvalue weighted by Gasteiger charge is 2.64. The Balaban J connectivity index is 2.08. The molecule has 3 heterocycles. The van der Waals surface area contributed by atoms with Crippen LogP contribution in [0.15, 0.2) is 23.8 Å². The molecule has 0 saturated carbocycles. The van der Waals surface area contributed by atoms with Crippen LogP contribution in [0.2, 0.25) is 0 Å². The number of hydrogen-bond donors (Lipinski definition) is 6. The number of guanidine groups is 1. The largest absolute Gasteiger partial charge is 0.393 e. The summed E-state index contributed by atoms with van der Waals surface area (Å²) in [5.74, 6) is -2.92. The molecule has 11 heteroatoms. The molecule has 23 heavy (non-hydrogen) atoms. The number of alkyl halides is 1. The van der Waals surface area contributed by atoms with Gasteiger partial charge in [0.05, 0.1) is 12.8 Å². The number of halogens is 1. The molecule has 1 aromatic rings. The molecule has 126 valence electrons. The van der Waals surface area contributed by atoms with Crippen LogP contribution in [-0.2, 0) is 10.5 Å². The smallest absolute Gasteiger partial charge is 0.247 e. The van der Waals surface area contributed by atoms with Gasteiger partial charge >= 0.3 is 0 Å². The van der Waals surface area contributed by atoms with Gasteiger partial charge in [-0.25, -0.2) is 19.0 Å². The van der Waals surface area contributed by atoms with Crippen LogP contribution in [0.3, 0.4) is 0 Å². The Kier molecular flexibility index (Phi) is 3.42. The quantitative estimate of drug-likeness (QED) is 0.333. The van der Waals surface area contributed by atoms with E-state index in [1.807, 2.05) is 0 Å². The molecule has 0 spiro atoms. The lowest BCUT2D eigenvalue weighted by atomic mass is 9.95. The first-order valence-electron chi connectivity index (χ1n) is 6.64. The summed E-state index contributed by atoms with van der Waals surface area (Å²) < 4.78 is 20.8. The summed E-state index contributed by atoms with van der Waals surface area (Å²) in [6.45, 7) is 2.58. The zero-order chi connectivity index (χ0) is 17.0. The summed E-state index contributed by atoms with van der Waals surface area (Å²) in [6, 6.07) is 0. The zero-order valence-corrected chi connectivity index (χ0v) is 11.8. The monoisotopic (exact) mass is 329 g/mol. The van der Waals surface area contributed by atoms with Gasteiger partial charge < -0.3 is 30.9 Å². The number of aliphatic imine (C=N–C) groups is 1. The van der Waals surface area contributed by atoms with Crippen molar-refractivity contribution in [1.29, 1.82) is 0 Å². The number of nitrogens with zero attached hydrogens (tertiary/aromatic N) is 3. The van der Waals surface area contributed by atoms with E-state index in [2.05, 4.69) is 22.0 Å². The lowest BCUT2D eigenvalue weighted by molar-refractivity contribution is -0.248. The van der Waals surface area contributed by atoms with Crippen molar-refractivity contribution in [2.24, 2.45) is 10.7 Å². The highest BCUT2D eigenvalue weighted by atomic mass is 19.1. The van der Waals surface area contributed by atoms with Crippen LogP contribution in [0.4, 0.5) is 4.39 Å². The minimum atomic E-state index is -2.66. The molecule has 1 unspecified atom stereocenters. The highest BCUT2D eigenvalue weighted by molar-refractivity contribution is 5.86. The summed E-state index contributed by atoms with van der Waals surface area (Å²) >= 11 is 0. The molecule has 5 atom stereocenters. The molecule has 1 aromatic heterocycles. The molecule has 0 aromatic carbocycles. The Morgan fingerprint density at radius 2 is 2.26 bits per heavy atom. The second-order valence-electron chi connectivity index (χ2n) is 5.30. The van der Waals surface area contributed by atoms with E-state index in [4.69, 9.17) is 10.5 Å². The number of aromatic nitrogens is 2. The van der Waals surface area contributed by atoms with Gasteiger partial charge in [0.25, 0.3) is 0 Å². The van der Waals surface area contributed by atoms with Crippen molar-refractivity contribution in [3.8, 4) is 0 Å². The first-order chi connectivity index (χ1) is 10.8. The van der Waals surface area contributed by atoms with Gasteiger partial charge in [0, 0.05) is 0 Å². The number of nitrogens with one attached hydrogen (secondary N) is 1. The predicted molar refractivity (Wildman–Crippen MR) is 74.1 cm³/mol. The van der Waals surface area contributed by atoms with Gasteiger partial charge in [-0.05, 0) is 0 Å². The molecule has 0 aliphatic carbocycles. The van der Waals surface area contributed by atoms with E-state index in [1.54, 1.807) is 0 Å². The topological polar surface area (TPSA) is 158 Å². The van der Waals surface area contributed by atoms with E-state index in [-0.39, 0.29) is 17.5 Å². The minimum Gasteiger partial charge on any atom is -0.393 e. The summed E-state index contributed by atoms with van der Waals surface area (Å²) in [6.07, 6.45) is -3.57. The van der Waals surface area contributed by atoms with Gasteiger partial charge in [0.1, 0.15) is 17.4 Å². The normalized spacial score (nSPS) is 39.5. The molecule has 7 N–H and O–H groups in total. The molecule has 2 aliphatic rings. The molecule has 10 nitrogen and oxygen atoms in total. The molecule has 1 fully saturated rings. The average molecular weight is 329 g/mol. The molecule has 2 aliphatic heterocycles. The fraction of sp³-hybridized carbons (Fsp3) is 0.500. The second kappa shape index (κ2) is 4.97. The summed E-state index contributed by atoms with van der Waals surface area (Å²) in [5.41, 5.74) is 5.80. The van der Waals surface area contributed by atoms with Crippen molar-refractivity contribution in [3.63, 3.8) is 0 Å². The van der Waals surface area contributed by atoms with Crippen LogP contribution in [0.5, 0.6) is 0 Å². The first kappa shape index (κ1) is 15.8. The Bertz CT molecular complexity index is 681. The van der Waals surface area contributed by atoms with Crippen molar-refractivity contribution >= 4 is 5.96 Å². The van der Waals surface area contributed by atoms with Gasteiger partial charge in [-0.2, -0.15) is 0 Å². The number of ether oxygens (including phenoxy) is 1. The predicted octanol–water partition coefficient (Wildman–Crippen LogP) is -2.46. The SMILES string of the molecule is C=C[C@]1(CO)O[C@@](O)(c2cnc3n2NC(N)=NC3O)[C@H](F)[C@@H]1O. The van der Waals surface area contributed by atoms with Crippen LogP contribution in [0.1, 0.15) is 17.7 Å². The Morgan fingerprint density at radius 1 is 1.57 bits per heavy atom. The number of rotatable bonds is 3. The van der Waals surface area contributed by atoms with Crippen LogP contribution in [0, 0.1) is 0 Å². The summed E-state index contributed by atoms with van der Waals surface area (Å²) in [7, 11) is 0. The van der Waals surface area contributed by atoms with Crippen LogP contribution in [0.25, 0.3) is 0 Å². The van der Waals surface area contributed by atoms with Crippen molar-refractivity contribution in [3.05, 3.63) is 30.4 Å². The third kappa shape index (κ3) is 1.98. The van der Waals surface area contributed by atoms with E-state index in [9.17, 15) is 24.8 Å². The van der Waals surface area contributed by atoms with Gasteiger partial charge in [-0.1, -0.05) is 6.08 Å². The summed E-state index contributed by atoms with van der Waals surface area (Å²) in [4.78, 5) is 7.45. The maximum Gasteiger partial charge on any atom is 0.247 e. The third-order valence-electron chi connectivity index (χ3n) is 3.96. The zero-order valence-electron chi connectivity index (χ0n) is 11.8. The maximum absolute atomic E-state index is 14.6. The van der Waals surface area contributed by atoms with Crippen LogP contribution < -0.4 is 11.2 Å². The maximum atomic E-state index is 14.6. The van der Waals surface area contributed by atoms with E-state index in [1.165, 1.54) is 0 Å². The van der Waals surface area contributed by atoms with Gasteiger partial charge in [0.15, 0.2) is 12.0 Å². The summed E-state index contributed by atoms with van der Waals surface area (Å²) in [5, 5.41) is 39.8. The third-order valence-corrected chi connectivity index (χ3v) is 3.96.